The summed E-state index contributed by atoms with van der Waals surface area (Å²) in [6, 6.07) is 0. The highest BCUT2D eigenvalue weighted by Crippen LogP contribution is 2.27. The van der Waals surface area contributed by atoms with Crippen LogP contribution in [0, 0.1) is 5.92 Å². The summed E-state index contributed by atoms with van der Waals surface area (Å²) < 4.78 is 17.0. The monoisotopic (exact) mass is 246 g/mol. The molecule has 0 saturated heterocycles. The number of rotatable bonds is 4. The van der Waals surface area contributed by atoms with E-state index in [1.54, 1.807) is 0 Å². The number of hydrogen-bond acceptors (Lipinski definition) is 3. The summed E-state index contributed by atoms with van der Waals surface area (Å²) in [7, 11) is -1.05. The van der Waals surface area contributed by atoms with Gasteiger partial charge < -0.3 is 4.74 Å². The molecule has 0 bridgehead atoms. The van der Waals surface area contributed by atoms with E-state index in [0.717, 1.165) is 19.3 Å². The minimum absolute atomic E-state index is 0.0650. The summed E-state index contributed by atoms with van der Waals surface area (Å²) in [5.74, 6) is 0.380. The van der Waals surface area contributed by atoms with Crippen LogP contribution in [0.1, 0.15) is 46.5 Å². The Bertz CT molecular complexity index is 263. The van der Waals surface area contributed by atoms with E-state index in [-0.39, 0.29) is 23.1 Å². The molecule has 3 atom stereocenters. The van der Waals surface area contributed by atoms with Gasteiger partial charge in [0.1, 0.15) is 5.75 Å². The molecule has 0 amide bonds. The van der Waals surface area contributed by atoms with Crippen LogP contribution in [0.4, 0.5) is 0 Å². The molecule has 1 aliphatic carbocycles. The zero-order valence-corrected chi connectivity index (χ0v) is 11.2. The average molecular weight is 246 g/mol. The lowest BCUT2D eigenvalue weighted by molar-refractivity contribution is -0.144. The molecule has 94 valence electrons. The summed E-state index contributed by atoms with van der Waals surface area (Å²) in [4.78, 5) is 11.4. The molecular weight excluding hydrogens is 224 g/mol. The second-order valence-electron chi connectivity index (χ2n) is 4.96. The molecule has 3 unspecified atom stereocenters. The molecule has 3 nitrogen and oxygen atoms in total. The zero-order valence-electron chi connectivity index (χ0n) is 10.4. The normalized spacial score (nSPS) is 27.8. The maximum Gasteiger partial charge on any atom is 0.318 e. The molecule has 1 fully saturated rings. The van der Waals surface area contributed by atoms with Gasteiger partial charge in [-0.3, -0.25) is 9.00 Å². The highest BCUT2D eigenvalue weighted by atomic mass is 32.2. The lowest BCUT2D eigenvalue weighted by atomic mass is 9.91. The van der Waals surface area contributed by atoms with Crippen molar-refractivity contribution < 1.29 is 13.7 Å². The molecule has 4 heteroatoms. The first-order valence-corrected chi connectivity index (χ1v) is 7.44. The van der Waals surface area contributed by atoms with Gasteiger partial charge in [-0.25, -0.2) is 0 Å². The maximum atomic E-state index is 11.9. The smallest absolute Gasteiger partial charge is 0.318 e. The van der Waals surface area contributed by atoms with Crippen molar-refractivity contribution >= 4 is 16.8 Å². The van der Waals surface area contributed by atoms with Crippen LogP contribution in [0.15, 0.2) is 0 Å². The Hall–Kier alpha value is -0.380. The van der Waals surface area contributed by atoms with Crippen molar-refractivity contribution in [3.63, 3.8) is 0 Å². The van der Waals surface area contributed by atoms with Crippen molar-refractivity contribution in [1.82, 2.24) is 0 Å². The first kappa shape index (κ1) is 13.7. The number of hydrogen-bond donors (Lipinski definition) is 0. The zero-order chi connectivity index (χ0) is 12.1. The minimum atomic E-state index is -1.05. The second kappa shape index (κ2) is 6.38. The van der Waals surface area contributed by atoms with Crippen molar-refractivity contribution in [1.29, 1.82) is 0 Å². The van der Waals surface area contributed by atoms with Gasteiger partial charge in [-0.15, -0.1) is 0 Å². The number of esters is 1. The van der Waals surface area contributed by atoms with Crippen LogP contribution in [0.2, 0.25) is 0 Å². The highest BCUT2D eigenvalue weighted by Gasteiger charge is 2.25. The van der Waals surface area contributed by atoms with Gasteiger partial charge >= 0.3 is 5.97 Å². The molecule has 1 aliphatic rings. The molecule has 1 rings (SSSR count). The van der Waals surface area contributed by atoms with E-state index >= 15 is 0 Å². The van der Waals surface area contributed by atoms with E-state index in [1.807, 2.05) is 13.8 Å². The molecule has 0 heterocycles. The SMILES string of the molecule is CC1CCCC(S(=O)CC(=O)OC(C)C)C1. The largest absolute Gasteiger partial charge is 0.462 e. The Morgan fingerprint density at radius 3 is 2.69 bits per heavy atom. The fourth-order valence-electron chi connectivity index (χ4n) is 2.15. The summed E-state index contributed by atoms with van der Waals surface area (Å²) in [6.45, 7) is 5.81. The molecule has 0 aromatic heterocycles. The Morgan fingerprint density at radius 2 is 2.12 bits per heavy atom. The van der Waals surface area contributed by atoms with Crippen LogP contribution >= 0.6 is 0 Å². The molecule has 0 aromatic rings. The third kappa shape index (κ3) is 4.64. The van der Waals surface area contributed by atoms with Crippen molar-refractivity contribution in [2.24, 2.45) is 5.92 Å². The number of carbonyl (C=O) groups excluding carboxylic acids is 1. The van der Waals surface area contributed by atoms with Gasteiger partial charge in [0, 0.05) is 16.0 Å². The van der Waals surface area contributed by atoms with Crippen LogP contribution in [0.3, 0.4) is 0 Å². The highest BCUT2D eigenvalue weighted by molar-refractivity contribution is 7.86. The summed E-state index contributed by atoms with van der Waals surface area (Å²) >= 11 is 0. The van der Waals surface area contributed by atoms with Crippen LogP contribution in [0.25, 0.3) is 0 Å². The Kier molecular flexibility index (Phi) is 5.46. The van der Waals surface area contributed by atoms with Crippen molar-refractivity contribution in [2.75, 3.05) is 5.75 Å². The molecule has 0 spiro atoms. The van der Waals surface area contributed by atoms with E-state index in [9.17, 15) is 9.00 Å². The third-order valence-electron chi connectivity index (χ3n) is 2.89. The third-order valence-corrected chi connectivity index (χ3v) is 4.58. The lowest BCUT2D eigenvalue weighted by Gasteiger charge is -2.25. The topological polar surface area (TPSA) is 43.4 Å². The van der Waals surface area contributed by atoms with Gasteiger partial charge in [0.15, 0.2) is 0 Å². The molecular formula is C12H22O3S. The van der Waals surface area contributed by atoms with Gasteiger partial charge in [-0.2, -0.15) is 0 Å². The van der Waals surface area contributed by atoms with Crippen molar-refractivity contribution in [2.45, 2.75) is 57.8 Å². The van der Waals surface area contributed by atoms with Crippen molar-refractivity contribution in [3.8, 4) is 0 Å². The molecule has 16 heavy (non-hydrogen) atoms. The van der Waals surface area contributed by atoms with Crippen LogP contribution < -0.4 is 0 Å². The van der Waals surface area contributed by atoms with Crippen LogP contribution in [-0.4, -0.2) is 27.3 Å². The Morgan fingerprint density at radius 1 is 1.44 bits per heavy atom. The minimum Gasteiger partial charge on any atom is -0.462 e. The molecule has 1 saturated carbocycles. The van der Waals surface area contributed by atoms with E-state index in [4.69, 9.17) is 4.74 Å². The maximum absolute atomic E-state index is 11.9. The fourth-order valence-corrected chi connectivity index (χ4v) is 3.66. The molecule has 0 aliphatic heterocycles. The molecule has 0 radical (unpaired) electrons. The summed E-state index contributed by atoms with van der Waals surface area (Å²) in [6.07, 6.45) is 4.23. The fraction of sp³-hybridized carbons (Fsp3) is 0.917. The van der Waals surface area contributed by atoms with E-state index in [2.05, 4.69) is 6.92 Å². The predicted octanol–water partition coefficient (Wildman–Crippen LogP) is 2.27. The Balaban J connectivity index is 2.36. The van der Waals surface area contributed by atoms with E-state index in [1.165, 1.54) is 6.42 Å². The first-order valence-electron chi connectivity index (χ1n) is 6.05. The standard InChI is InChI=1S/C12H22O3S/c1-9(2)15-12(13)8-16(14)11-6-4-5-10(3)7-11/h9-11H,4-8H2,1-3H3. The van der Waals surface area contributed by atoms with Crippen LogP contribution in [-0.2, 0) is 20.3 Å². The average Bonchev–Trinajstić information content (AvgIpc) is 2.16. The van der Waals surface area contributed by atoms with Gasteiger partial charge in [0.05, 0.1) is 6.10 Å². The predicted molar refractivity (Wildman–Crippen MR) is 65.7 cm³/mol. The summed E-state index contributed by atoms with van der Waals surface area (Å²) in [5.41, 5.74) is 0. The molecule has 0 aromatic carbocycles. The summed E-state index contributed by atoms with van der Waals surface area (Å²) in [5, 5.41) is 0.198. The lowest BCUT2D eigenvalue weighted by Crippen LogP contribution is -2.28. The van der Waals surface area contributed by atoms with Gasteiger partial charge in [-0.1, -0.05) is 19.8 Å². The van der Waals surface area contributed by atoms with Gasteiger partial charge in [0.2, 0.25) is 0 Å². The second-order valence-corrected chi connectivity index (χ2v) is 6.67. The van der Waals surface area contributed by atoms with E-state index in [0.29, 0.717) is 5.92 Å². The van der Waals surface area contributed by atoms with E-state index < -0.39 is 10.8 Å². The quantitative estimate of drug-likeness (QED) is 0.715. The van der Waals surface area contributed by atoms with Crippen LogP contribution in [0.5, 0.6) is 0 Å². The molecule has 0 N–H and O–H groups in total. The first-order chi connectivity index (χ1) is 7.49. The Labute approximate surface area is 100 Å². The van der Waals surface area contributed by atoms with Crippen molar-refractivity contribution in [3.05, 3.63) is 0 Å². The number of carbonyl (C=O) groups is 1. The van der Waals surface area contributed by atoms with Gasteiger partial charge in [-0.05, 0) is 32.6 Å². The van der Waals surface area contributed by atoms with Gasteiger partial charge in [0.25, 0.3) is 0 Å². The number of ether oxygens (including phenoxy) is 1.